The zero-order chi connectivity index (χ0) is 16.3. The van der Waals surface area contributed by atoms with E-state index in [9.17, 15) is 28.2 Å². The Bertz CT molecular complexity index is 646. The summed E-state index contributed by atoms with van der Waals surface area (Å²) in [6.07, 6.45) is -4.35. The van der Waals surface area contributed by atoms with Crippen LogP contribution in [0, 0.1) is 0 Å². The summed E-state index contributed by atoms with van der Waals surface area (Å²) in [5.41, 5.74) is 0.200. The molecule has 22 heavy (non-hydrogen) atoms. The molecule has 2 rings (SSSR count). The Morgan fingerprint density at radius 3 is 2.00 bits per heavy atom. The number of hydrogen-bond donors (Lipinski definition) is 2. The van der Waals surface area contributed by atoms with E-state index in [1.807, 2.05) is 0 Å². The third kappa shape index (κ3) is 3.78. The van der Waals surface area contributed by atoms with Crippen molar-refractivity contribution in [3.8, 4) is 5.75 Å². The van der Waals surface area contributed by atoms with Crippen molar-refractivity contribution in [3.05, 3.63) is 65.2 Å². The van der Waals surface area contributed by atoms with Crippen molar-refractivity contribution < 1.29 is 28.2 Å². The van der Waals surface area contributed by atoms with Crippen molar-refractivity contribution >= 4 is 5.97 Å². The molecule has 0 radical (unpaired) electrons. The molecule has 2 aromatic rings. The number of carboxylic acid groups (broad SMARTS) is 1. The number of hydrogen-bond acceptors (Lipinski definition) is 2. The number of halogens is 3. The monoisotopic (exact) mass is 310 g/mol. The van der Waals surface area contributed by atoms with E-state index in [1.54, 1.807) is 0 Å². The molecule has 0 aromatic heterocycles. The lowest BCUT2D eigenvalue weighted by atomic mass is 9.91. The van der Waals surface area contributed by atoms with E-state index >= 15 is 0 Å². The van der Waals surface area contributed by atoms with Gasteiger partial charge in [-0.15, -0.1) is 0 Å². The molecule has 0 heterocycles. The van der Waals surface area contributed by atoms with Crippen LogP contribution in [0.15, 0.2) is 48.5 Å². The molecule has 0 aliphatic carbocycles. The van der Waals surface area contributed by atoms with Gasteiger partial charge in [0.05, 0.1) is 11.5 Å². The highest BCUT2D eigenvalue weighted by Crippen LogP contribution is 2.30. The van der Waals surface area contributed by atoms with Crippen LogP contribution in [-0.4, -0.2) is 16.2 Å². The SMILES string of the molecule is O=C(O)C(Cc1ccc(C(F)(F)F)cc1)c1ccc(O)cc1. The molecule has 116 valence electrons. The van der Waals surface area contributed by atoms with Gasteiger partial charge in [0.15, 0.2) is 0 Å². The van der Waals surface area contributed by atoms with Gasteiger partial charge in [0.25, 0.3) is 0 Å². The number of rotatable bonds is 4. The quantitative estimate of drug-likeness (QED) is 0.902. The van der Waals surface area contributed by atoms with E-state index in [0.29, 0.717) is 11.1 Å². The number of carboxylic acids is 1. The smallest absolute Gasteiger partial charge is 0.416 e. The number of aliphatic carboxylic acids is 1. The van der Waals surface area contributed by atoms with Gasteiger partial charge in [-0.25, -0.2) is 0 Å². The number of phenolic OH excluding ortho intramolecular Hbond substituents is 1. The number of aromatic hydroxyl groups is 1. The normalized spacial score (nSPS) is 12.9. The van der Waals surface area contributed by atoms with Gasteiger partial charge in [-0.1, -0.05) is 24.3 Å². The Hall–Kier alpha value is -2.50. The third-order valence-electron chi connectivity index (χ3n) is 3.31. The molecule has 1 unspecified atom stereocenters. The maximum Gasteiger partial charge on any atom is 0.416 e. The predicted molar refractivity (Wildman–Crippen MR) is 73.6 cm³/mol. The molecule has 1 atom stereocenters. The van der Waals surface area contributed by atoms with Crippen LogP contribution in [0.3, 0.4) is 0 Å². The van der Waals surface area contributed by atoms with Crippen molar-refractivity contribution in [1.82, 2.24) is 0 Å². The summed E-state index contributed by atoms with van der Waals surface area (Å²) in [5, 5.41) is 18.5. The first-order valence-corrected chi connectivity index (χ1v) is 6.45. The first-order chi connectivity index (χ1) is 10.3. The lowest BCUT2D eigenvalue weighted by molar-refractivity contribution is -0.139. The standard InChI is InChI=1S/C16H13F3O3/c17-16(18,19)12-5-1-10(2-6-12)9-14(15(21)22)11-3-7-13(20)8-4-11/h1-8,14,20H,9H2,(H,21,22). The first kappa shape index (κ1) is 15.9. The molecule has 0 saturated carbocycles. The Labute approximate surface area is 124 Å². The average molecular weight is 310 g/mol. The average Bonchev–Trinajstić information content (AvgIpc) is 2.45. The van der Waals surface area contributed by atoms with Crippen LogP contribution < -0.4 is 0 Å². The van der Waals surface area contributed by atoms with Crippen LogP contribution in [0.1, 0.15) is 22.6 Å². The predicted octanol–water partition coefficient (Wildman–Crippen LogP) is 3.82. The van der Waals surface area contributed by atoms with E-state index in [2.05, 4.69) is 0 Å². The molecule has 0 amide bonds. The maximum atomic E-state index is 12.5. The fourth-order valence-electron chi connectivity index (χ4n) is 2.12. The Morgan fingerprint density at radius 1 is 1.00 bits per heavy atom. The van der Waals surface area contributed by atoms with Crippen LogP contribution in [0.25, 0.3) is 0 Å². The zero-order valence-corrected chi connectivity index (χ0v) is 11.3. The summed E-state index contributed by atoms with van der Waals surface area (Å²) in [5.74, 6) is -1.95. The summed E-state index contributed by atoms with van der Waals surface area (Å²) in [6, 6.07) is 10.1. The van der Waals surface area contributed by atoms with E-state index < -0.39 is 23.6 Å². The van der Waals surface area contributed by atoms with Gasteiger partial charge in [-0.2, -0.15) is 13.2 Å². The van der Waals surface area contributed by atoms with Gasteiger partial charge in [-0.3, -0.25) is 4.79 Å². The van der Waals surface area contributed by atoms with Gasteiger partial charge in [0, 0.05) is 0 Å². The molecule has 3 nitrogen and oxygen atoms in total. The number of alkyl halides is 3. The number of benzene rings is 2. The fourth-order valence-corrected chi connectivity index (χ4v) is 2.12. The van der Waals surface area contributed by atoms with Crippen LogP contribution in [0.5, 0.6) is 5.75 Å². The van der Waals surface area contributed by atoms with Crippen LogP contribution >= 0.6 is 0 Å². The Kier molecular flexibility index (Phi) is 4.40. The van der Waals surface area contributed by atoms with E-state index in [4.69, 9.17) is 0 Å². The zero-order valence-electron chi connectivity index (χ0n) is 11.3. The second kappa shape index (κ2) is 6.09. The highest BCUT2D eigenvalue weighted by molar-refractivity contribution is 5.76. The molecule has 0 aliphatic rings. The molecule has 2 N–H and O–H groups in total. The number of carbonyl (C=O) groups is 1. The summed E-state index contributed by atoms with van der Waals surface area (Å²) in [7, 11) is 0. The number of phenols is 1. The van der Waals surface area contributed by atoms with Crippen molar-refractivity contribution in [2.24, 2.45) is 0 Å². The maximum absolute atomic E-state index is 12.5. The van der Waals surface area contributed by atoms with Crippen molar-refractivity contribution in [2.45, 2.75) is 18.5 Å². The van der Waals surface area contributed by atoms with Gasteiger partial charge in [0.2, 0.25) is 0 Å². The van der Waals surface area contributed by atoms with Crippen LogP contribution in [-0.2, 0) is 17.4 Å². The second-order valence-corrected chi connectivity index (χ2v) is 4.88. The fraction of sp³-hybridized carbons (Fsp3) is 0.188. The molecular weight excluding hydrogens is 297 g/mol. The van der Waals surface area contributed by atoms with E-state index in [1.165, 1.54) is 36.4 Å². The van der Waals surface area contributed by atoms with Crippen molar-refractivity contribution in [1.29, 1.82) is 0 Å². The minimum absolute atomic E-state index is 0.0161. The summed E-state index contributed by atoms with van der Waals surface area (Å²) in [4.78, 5) is 11.4. The summed E-state index contributed by atoms with van der Waals surface area (Å²) >= 11 is 0. The van der Waals surface area contributed by atoms with Crippen molar-refractivity contribution in [2.75, 3.05) is 0 Å². The van der Waals surface area contributed by atoms with Crippen molar-refractivity contribution in [3.63, 3.8) is 0 Å². The first-order valence-electron chi connectivity index (χ1n) is 6.45. The third-order valence-corrected chi connectivity index (χ3v) is 3.31. The van der Waals surface area contributed by atoms with Gasteiger partial charge in [0.1, 0.15) is 5.75 Å². The summed E-state index contributed by atoms with van der Waals surface area (Å²) < 4.78 is 37.5. The van der Waals surface area contributed by atoms with Crippen LogP contribution in [0.2, 0.25) is 0 Å². The minimum Gasteiger partial charge on any atom is -0.508 e. The van der Waals surface area contributed by atoms with E-state index in [0.717, 1.165) is 12.1 Å². The molecule has 0 saturated heterocycles. The lowest BCUT2D eigenvalue weighted by Gasteiger charge is -2.14. The topological polar surface area (TPSA) is 57.5 Å². The highest BCUT2D eigenvalue weighted by Gasteiger charge is 2.30. The second-order valence-electron chi connectivity index (χ2n) is 4.88. The molecule has 0 bridgehead atoms. The molecule has 0 fully saturated rings. The van der Waals surface area contributed by atoms with Gasteiger partial charge in [-0.05, 0) is 41.8 Å². The molecule has 0 spiro atoms. The van der Waals surface area contributed by atoms with Gasteiger partial charge >= 0.3 is 12.1 Å². The molecule has 0 aliphatic heterocycles. The van der Waals surface area contributed by atoms with Crippen LogP contribution in [0.4, 0.5) is 13.2 Å². The lowest BCUT2D eigenvalue weighted by Crippen LogP contribution is -2.14. The molecule has 2 aromatic carbocycles. The largest absolute Gasteiger partial charge is 0.508 e. The Morgan fingerprint density at radius 2 is 1.55 bits per heavy atom. The molecule has 6 heteroatoms. The van der Waals surface area contributed by atoms with E-state index in [-0.39, 0.29) is 12.2 Å². The summed E-state index contributed by atoms with van der Waals surface area (Å²) in [6.45, 7) is 0. The highest BCUT2D eigenvalue weighted by atomic mass is 19.4. The minimum atomic E-state index is -4.41. The van der Waals surface area contributed by atoms with Gasteiger partial charge < -0.3 is 10.2 Å². The molecular formula is C16H13F3O3. The Balaban J connectivity index is 2.21.